The second-order valence-electron chi connectivity index (χ2n) is 4.81. The van der Waals surface area contributed by atoms with Gasteiger partial charge in [0.05, 0.1) is 5.56 Å². The van der Waals surface area contributed by atoms with Crippen LogP contribution in [0.5, 0.6) is 0 Å². The van der Waals surface area contributed by atoms with Gasteiger partial charge in [0.2, 0.25) is 5.82 Å². The van der Waals surface area contributed by atoms with Crippen molar-refractivity contribution >= 4 is 40.8 Å². The van der Waals surface area contributed by atoms with Gasteiger partial charge in [0, 0.05) is 0 Å². The van der Waals surface area contributed by atoms with Crippen molar-refractivity contribution in [2.45, 2.75) is 22.2 Å². The molecular weight excluding hydrogens is 358 g/mol. The van der Waals surface area contributed by atoms with Crippen LogP contribution in [0.1, 0.15) is 34.9 Å². The normalized spacial score (nSPS) is 16.4. The Kier molecular flexibility index (Phi) is 3.79. The van der Waals surface area contributed by atoms with Crippen LogP contribution in [-0.2, 0) is 14.1 Å². The van der Waals surface area contributed by atoms with Crippen LogP contribution in [0.2, 0.25) is 0 Å². The van der Waals surface area contributed by atoms with Crippen LogP contribution in [-0.4, -0.2) is 16.1 Å². The van der Waals surface area contributed by atoms with E-state index in [1.165, 1.54) is 24.3 Å². The number of nitrogens with zero attached hydrogens (tertiary/aromatic N) is 2. The van der Waals surface area contributed by atoms with Crippen LogP contribution < -0.4 is 0 Å². The predicted molar refractivity (Wildman–Crippen MR) is 76.3 cm³/mol. The molecule has 22 heavy (non-hydrogen) atoms. The molecule has 5 nitrogen and oxygen atoms in total. The van der Waals surface area contributed by atoms with Gasteiger partial charge >= 0.3 is 5.97 Å². The zero-order chi connectivity index (χ0) is 16.0. The number of ether oxygens (including phenoxy) is 1. The van der Waals surface area contributed by atoms with Gasteiger partial charge in [-0.2, -0.15) is 4.98 Å². The lowest BCUT2D eigenvalue weighted by atomic mass is 10.2. The topological polar surface area (TPSA) is 65.2 Å². The monoisotopic (exact) mass is 364 g/mol. The van der Waals surface area contributed by atoms with Crippen molar-refractivity contribution in [2.75, 3.05) is 0 Å². The molecule has 0 N–H and O–H groups in total. The number of rotatable bonds is 3. The number of benzene rings is 1. The Balaban J connectivity index is 1.78. The van der Waals surface area contributed by atoms with Gasteiger partial charge in [-0.05, 0) is 37.1 Å². The quantitative estimate of drug-likeness (QED) is 0.610. The lowest BCUT2D eigenvalue weighted by Crippen LogP contribution is -2.19. The first-order valence-electron chi connectivity index (χ1n) is 6.20. The molecule has 1 aromatic heterocycles. The summed E-state index contributed by atoms with van der Waals surface area (Å²) in [6.45, 7) is 0. The standard InChI is InChI=1S/C13H8Cl3FN2O3/c14-13(15,16)11-18-10(19-22-11)12(5-6-12)21-9(20)7-1-3-8(17)4-2-7/h1-4H,5-6H2. The van der Waals surface area contributed by atoms with Gasteiger partial charge in [-0.3, -0.25) is 0 Å². The molecule has 0 spiro atoms. The fraction of sp³-hybridized carbons (Fsp3) is 0.308. The minimum absolute atomic E-state index is 0.143. The van der Waals surface area contributed by atoms with E-state index in [4.69, 9.17) is 44.1 Å². The molecule has 0 aliphatic heterocycles. The average Bonchev–Trinajstić information content (AvgIpc) is 3.02. The highest BCUT2D eigenvalue weighted by atomic mass is 35.6. The summed E-state index contributed by atoms with van der Waals surface area (Å²) in [5.41, 5.74) is -0.763. The van der Waals surface area contributed by atoms with Gasteiger partial charge in [0.1, 0.15) is 5.82 Å². The maximum Gasteiger partial charge on any atom is 0.339 e. The zero-order valence-electron chi connectivity index (χ0n) is 10.9. The second-order valence-corrected chi connectivity index (χ2v) is 7.09. The third kappa shape index (κ3) is 3.04. The van der Waals surface area contributed by atoms with Gasteiger partial charge in [-0.1, -0.05) is 40.0 Å². The molecule has 0 bridgehead atoms. The summed E-state index contributed by atoms with van der Waals surface area (Å²) in [5, 5.41) is 3.70. The van der Waals surface area contributed by atoms with Gasteiger partial charge in [-0.25, -0.2) is 9.18 Å². The average molecular weight is 366 g/mol. The third-order valence-corrected chi connectivity index (χ3v) is 3.63. The van der Waals surface area contributed by atoms with E-state index in [1.54, 1.807) is 0 Å². The molecule has 1 heterocycles. The Morgan fingerprint density at radius 3 is 2.41 bits per heavy atom. The van der Waals surface area contributed by atoms with E-state index in [2.05, 4.69) is 10.1 Å². The smallest absolute Gasteiger partial charge is 0.339 e. The first kappa shape index (κ1) is 15.5. The van der Waals surface area contributed by atoms with Crippen LogP contribution in [0.25, 0.3) is 0 Å². The van der Waals surface area contributed by atoms with Crippen LogP contribution in [0, 0.1) is 5.82 Å². The number of halogens is 4. The van der Waals surface area contributed by atoms with Crippen molar-refractivity contribution in [3.8, 4) is 0 Å². The van der Waals surface area contributed by atoms with Crippen LogP contribution in [0.15, 0.2) is 28.8 Å². The maximum absolute atomic E-state index is 12.9. The summed E-state index contributed by atoms with van der Waals surface area (Å²) >= 11 is 17.0. The third-order valence-electron chi connectivity index (χ3n) is 3.15. The van der Waals surface area contributed by atoms with Crippen molar-refractivity contribution < 1.29 is 18.4 Å². The number of carbonyl (C=O) groups excluding carboxylic acids is 1. The largest absolute Gasteiger partial charge is 0.447 e. The molecule has 9 heteroatoms. The minimum atomic E-state index is -1.84. The van der Waals surface area contributed by atoms with Gasteiger partial charge in [0.15, 0.2) is 5.60 Å². The fourth-order valence-electron chi connectivity index (χ4n) is 1.83. The first-order valence-corrected chi connectivity index (χ1v) is 7.34. The Hall–Kier alpha value is -1.37. The number of aromatic nitrogens is 2. The van der Waals surface area contributed by atoms with E-state index in [-0.39, 0.29) is 17.3 Å². The molecule has 0 saturated heterocycles. The first-order chi connectivity index (χ1) is 10.3. The molecule has 1 aromatic carbocycles. The van der Waals surface area contributed by atoms with Gasteiger partial charge < -0.3 is 9.26 Å². The molecule has 0 atom stereocenters. The Morgan fingerprint density at radius 2 is 1.91 bits per heavy atom. The molecule has 116 valence electrons. The zero-order valence-corrected chi connectivity index (χ0v) is 13.1. The second kappa shape index (κ2) is 5.37. The summed E-state index contributed by atoms with van der Waals surface area (Å²) in [6.07, 6.45) is 1.05. The van der Waals surface area contributed by atoms with Crippen molar-refractivity contribution in [2.24, 2.45) is 0 Å². The van der Waals surface area contributed by atoms with Crippen molar-refractivity contribution in [1.82, 2.24) is 10.1 Å². The summed E-state index contributed by atoms with van der Waals surface area (Å²) < 4.78 is 21.3. The van der Waals surface area contributed by atoms with E-state index >= 15 is 0 Å². The number of alkyl halides is 3. The summed E-state index contributed by atoms with van der Waals surface area (Å²) in [7, 11) is 0. The van der Waals surface area contributed by atoms with E-state index in [9.17, 15) is 9.18 Å². The van der Waals surface area contributed by atoms with Crippen LogP contribution in [0.3, 0.4) is 0 Å². The van der Waals surface area contributed by atoms with E-state index < -0.39 is 21.2 Å². The van der Waals surface area contributed by atoms with Gasteiger partial charge in [-0.15, -0.1) is 0 Å². The minimum Gasteiger partial charge on any atom is -0.447 e. The molecule has 3 rings (SSSR count). The highest BCUT2D eigenvalue weighted by Gasteiger charge is 2.53. The van der Waals surface area contributed by atoms with Crippen molar-refractivity contribution in [1.29, 1.82) is 0 Å². The lowest BCUT2D eigenvalue weighted by molar-refractivity contribution is 0.0183. The van der Waals surface area contributed by atoms with Gasteiger partial charge in [0.25, 0.3) is 9.68 Å². The van der Waals surface area contributed by atoms with E-state index in [0.29, 0.717) is 12.8 Å². The van der Waals surface area contributed by atoms with Crippen molar-refractivity contribution in [3.63, 3.8) is 0 Å². The number of carbonyl (C=O) groups is 1. The van der Waals surface area contributed by atoms with Crippen LogP contribution in [0.4, 0.5) is 4.39 Å². The molecule has 1 aliphatic rings. The summed E-state index contributed by atoms with van der Waals surface area (Å²) in [4.78, 5) is 16.0. The number of esters is 1. The molecule has 1 saturated carbocycles. The number of hydrogen-bond acceptors (Lipinski definition) is 5. The highest BCUT2D eigenvalue weighted by molar-refractivity contribution is 6.66. The highest BCUT2D eigenvalue weighted by Crippen LogP contribution is 2.49. The molecule has 0 radical (unpaired) electrons. The van der Waals surface area contributed by atoms with E-state index in [0.717, 1.165) is 0 Å². The van der Waals surface area contributed by atoms with Crippen LogP contribution >= 0.6 is 34.8 Å². The molecule has 1 aliphatic carbocycles. The Bertz CT molecular complexity index is 708. The molecule has 2 aromatic rings. The lowest BCUT2D eigenvalue weighted by Gasteiger charge is -2.12. The van der Waals surface area contributed by atoms with E-state index in [1.807, 2.05) is 0 Å². The molecule has 0 unspecified atom stereocenters. The molecule has 1 fully saturated rings. The fourth-order valence-corrected chi connectivity index (χ4v) is 2.06. The number of hydrogen-bond donors (Lipinski definition) is 0. The summed E-state index contributed by atoms with van der Waals surface area (Å²) in [5.74, 6) is -1.11. The predicted octanol–water partition coefficient (Wildman–Crippen LogP) is 3.88. The SMILES string of the molecule is O=C(OC1(c2noc(C(Cl)(Cl)Cl)n2)CC1)c1ccc(F)cc1. The Labute approximate surface area is 139 Å². The van der Waals surface area contributed by atoms with Crippen molar-refractivity contribution in [3.05, 3.63) is 47.4 Å². The molecular formula is C13H8Cl3FN2O3. The Morgan fingerprint density at radius 1 is 1.27 bits per heavy atom. The maximum atomic E-state index is 12.9. The molecule has 0 amide bonds. The summed E-state index contributed by atoms with van der Waals surface area (Å²) in [6, 6.07) is 5.00.